The molecule has 162 valence electrons. The summed E-state index contributed by atoms with van der Waals surface area (Å²) in [6.45, 7) is 17.6. The van der Waals surface area contributed by atoms with E-state index in [2.05, 4.69) is 96.4 Å². The average Bonchev–Trinajstić information content (AvgIpc) is 2.93. The van der Waals surface area contributed by atoms with E-state index < -0.39 is 0 Å². The maximum atomic E-state index is 2.68. The van der Waals surface area contributed by atoms with Crippen LogP contribution in [-0.4, -0.2) is 48.0 Å². The van der Waals surface area contributed by atoms with Crippen LogP contribution in [0.25, 0.3) is 0 Å². The lowest BCUT2D eigenvalue weighted by molar-refractivity contribution is -0.00579. The summed E-state index contributed by atoms with van der Waals surface area (Å²) in [4.78, 5) is 7.28. The highest BCUT2D eigenvalue weighted by Crippen LogP contribution is 2.59. The van der Waals surface area contributed by atoms with E-state index in [1.54, 1.807) is 0 Å². The van der Waals surface area contributed by atoms with Crippen LogP contribution in [0.1, 0.15) is 40.5 Å². The molecule has 1 aliphatic heterocycles. The molecule has 0 N–H and O–H groups in total. The SMILES string of the molecule is CB(C)c1c(N(C)C)cc(N2CC(C)C3(C(C)CCC3C)C(C)C2)cc1N(C)C. The molecule has 4 atom stereocenters. The lowest BCUT2D eigenvalue weighted by atomic mass is 9.48. The van der Waals surface area contributed by atoms with Crippen molar-refractivity contribution in [1.29, 1.82) is 0 Å². The van der Waals surface area contributed by atoms with Gasteiger partial charge in [-0.25, -0.2) is 0 Å². The predicted octanol–water partition coefficient (Wildman–Crippen LogP) is 4.92. The van der Waals surface area contributed by atoms with Crippen LogP contribution in [0, 0.1) is 29.1 Å². The number of benzene rings is 1. The molecule has 0 aromatic heterocycles. The summed E-state index contributed by atoms with van der Waals surface area (Å²) in [7, 11) is 8.73. The first-order chi connectivity index (χ1) is 13.5. The molecule has 1 heterocycles. The Morgan fingerprint density at radius 2 is 1.21 bits per heavy atom. The fourth-order valence-electron chi connectivity index (χ4n) is 7.30. The smallest absolute Gasteiger partial charge is 0.175 e. The van der Waals surface area contributed by atoms with Gasteiger partial charge in [-0.05, 0) is 59.5 Å². The third-order valence-electron chi connectivity index (χ3n) is 8.46. The summed E-state index contributed by atoms with van der Waals surface area (Å²) in [6, 6.07) is 4.89. The molecule has 3 nitrogen and oxygen atoms in total. The van der Waals surface area contributed by atoms with Crippen molar-refractivity contribution in [2.45, 2.75) is 54.2 Å². The van der Waals surface area contributed by atoms with E-state index in [-0.39, 0.29) is 0 Å². The number of hydrogen-bond acceptors (Lipinski definition) is 3. The van der Waals surface area contributed by atoms with Gasteiger partial charge in [0.2, 0.25) is 0 Å². The first-order valence-corrected chi connectivity index (χ1v) is 11.8. The van der Waals surface area contributed by atoms with E-state index in [1.165, 1.54) is 48.5 Å². The number of hydrogen-bond donors (Lipinski definition) is 0. The Balaban J connectivity index is 2.02. The Morgan fingerprint density at radius 3 is 1.55 bits per heavy atom. The quantitative estimate of drug-likeness (QED) is 0.668. The van der Waals surface area contributed by atoms with Gasteiger partial charge in [-0.15, -0.1) is 0 Å². The second kappa shape index (κ2) is 8.08. The highest BCUT2D eigenvalue weighted by atomic mass is 15.2. The van der Waals surface area contributed by atoms with E-state index in [0.29, 0.717) is 12.1 Å². The summed E-state index contributed by atoms with van der Waals surface area (Å²) in [5.41, 5.74) is 6.10. The molecule has 1 aromatic rings. The van der Waals surface area contributed by atoms with Gasteiger partial charge in [-0.1, -0.05) is 41.3 Å². The molecule has 2 aliphatic rings. The summed E-state index contributed by atoms with van der Waals surface area (Å²) in [5.74, 6) is 3.16. The van der Waals surface area contributed by atoms with Crippen LogP contribution in [0.4, 0.5) is 17.1 Å². The van der Waals surface area contributed by atoms with Crippen LogP contribution >= 0.6 is 0 Å². The normalized spacial score (nSPS) is 32.0. The maximum absolute atomic E-state index is 2.68. The lowest BCUT2D eigenvalue weighted by Gasteiger charge is -2.55. The van der Waals surface area contributed by atoms with Gasteiger partial charge in [-0.2, -0.15) is 0 Å². The molecule has 1 aromatic carbocycles. The van der Waals surface area contributed by atoms with Crippen molar-refractivity contribution in [2.24, 2.45) is 29.1 Å². The molecule has 3 rings (SSSR count). The zero-order valence-electron chi connectivity index (χ0n) is 20.7. The molecule has 1 aliphatic carbocycles. The summed E-state index contributed by atoms with van der Waals surface area (Å²) < 4.78 is 0. The van der Waals surface area contributed by atoms with Crippen molar-refractivity contribution >= 4 is 29.2 Å². The van der Waals surface area contributed by atoms with Crippen LogP contribution in [0.15, 0.2) is 12.1 Å². The summed E-state index contributed by atoms with van der Waals surface area (Å²) in [6.07, 6.45) is 2.82. The van der Waals surface area contributed by atoms with E-state index in [0.717, 1.165) is 23.7 Å². The predicted molar refractivity (Wildman–Crippen MR) is 133 cm³/mol. The summed E-state index contributed by atoms with van der Waals surface area (Å²) >= 11 is 0. The molecule has 1 saturated carbocycles. The van der Waals surface area contributed by atoms with Crippen LogP contribution in [0.3, 0.4) is 0 Å². The maximum Gasteiger partial charge on any atom is 0.175 e. The molecular formula is C25H44BN3. The third-order valence-corrected chi connectivity index (χ3v) is 8.46. The minimum absolute atomic E-state index is 0.501. The largest absolute Gasteiger partial charge is 0.378 e. The fourth-order valence-corrected chi connectivity index (χ4v) is 7.30. The molecular weight excluding hydrogens is 353 g/mol. The molecule has 1 saturated heterocycles. The molecule has 0 amide bonds. The van der Waals surface area contributed by atoms with Gasteiger partial charge in [0, 0.05) is 58.3 Å². The Kier molecular flexibility index (Phi) is 6.23. The second-order valence-electron chi connectivity index (χ2n) is 10.9. The standard InChI is InChI=1S/C25H44BN3/c1-17-11-12-18(2)25(17)19(3)15-29(16-20(25)4)21-13-22(27(7)8)24(26(5)6)23(14-21)28(9)10/h13-14,17-20H,11-12,15-16H2,1-10H3. The molecule has 1 spiro atoms. The minimum atomic E-state index is 0.501. The zero-order chi connectivity index (χ0) is 21.7. The molecule has 2 fully saturated rings. The highest BCUT2D eigenvalue weighted by molar-refractivity contribution is 6.74. The van der Waals surface area contributed by atoms with Crippen LogP contribution in [0.5, 0.6) is 0 Å². The first kappa shape index (κ1) is 22.4. The average molecular weight is 397 g/mol. The van der Waals surface area contributed by atoms with Crippen molar-refractivity contribution in [1.82, 2.24) is 0 Å². The monoisotopic (exact) mass is 397 g/mol. The zero-order valence-corrected chi connectivity index (χ0v) is 20.7. The van der Waals surface area contributed by atoms with E-state index in [1.807, 2.05) is 0 Å². The molecule has 0 radical (unpaired) electrons. The van der Waals surface area contributed by atoms with Gasteiger partial charge in [0.05, 0.1) is 0 Å². The van der Waals surface area contributed by atoms with Gasteiger partial charge in [0.15, 0.2) is 6.71 Å². The highest BCUT2D eigenvalue weighted by Gasteiger charge is 2.55. The Labute approximate surface area is 180 Å². The van der Waals surface area contributed by atoms with Crippen molar-refractivity contribution in [3.8, 4) is 0 Å². The Hall–Kier alpha value is -1.32. The number of nitrogens with zero attached hydrogens (tertiary/aromatic N) is 3. The van der Waals surface area contributed by atoms with Gasteiger partial charge in [0.1, 0.15) is 0 Å². The van der Waals surface area contributed by atoms with Crippen LogP contribution < -0.4 is 20.2 Å². The molecule has 4 heteroatoms. The second-order valence-corrected chi connectivity index (χ2v) is 10.9. The van der Waals surface area contributed by atoms with E-state index in [9.17, 15) is 0 Å². The fraction of sp³-hybridized carbons (Fsp3) is 0.760. The third kappa shape index (κ3) is 3.55. The van der Waals surface area contributed by atoms with Gasteiger partial charge >= 0.3 is 0 Å². The number of piperidine rings is 1. The first-order valence-electron chi connectivity index (χ1n) is 11.8. The van der Waals surface area contributed by atoms with Gasteiger partial charge < -0.3 is 14.7 Å². The molecule has 29 heavy (non-hydrogen) atoms. The molecule has 4 unspecified atom stereocenters. The van der Waals surface area contributed by atoms with Gasteiger partial charge in [0.25, 0.3) is 0 Å². The minimum Gasteiger partial charge on any atom is -0.378 e. The Morgan fingerprint density at radius 1 is 0.793 bits per heavy atom. The summed E-state index contributed by atoms with van der Waals surface area (Å²) in [5, 5.41) is 0. The van der Waals surface area contributed by atoms with Crippen molar-refractivity contribution in [3.05, 3.63) is 12.1 Å². The Bertz CT molecular complexity index is 674. The topological polar surface area (TPSA) is 9.72 Å². The number of anilines is 3. The van der Waals surface area contributed by atoms with Crippen molar-refractivity contribution < 1.29 is 0 Å². The van der Waals surface area contributed by atoms with Crippen LogP contribution in [-0.2, 0) is 0 Å². The van der Waals surface area contributed by atoms with Crippen LogP contribution in [0.2, 0.25) is 13.6 Å². The van der Waals surface area contributed by atoms with Crippen molar-refractivity contribution in [2.75, 3.05) is 56.0 Å². The lowest BCUT2D eigenvalue weighted by Crippen LogP contribution is -2.55. The number of rotatable bonds is 4. The van der Waals surface area contributed by atoms with E-state index in [4.69, 9.17) is 0 Å². The van der Waals surface area contributed by atoms with Gasteiger partial charge in [-0.3, -0.25) is 0 Å². The molecule has 0 bridgehead atoms. The van der Waals surface area contributed by atoms with Crippen molar-refractivity contribution in [3.63, 3.8) is 0 Å². The van der Waals surface area contributed by atoms with E-state index >= 15 is 0 Å².